The molecule has 0 fully saturated rings. The number of ketones is 1. The van der Waals surface area contributed by atoms with Crippen molar-refractivity contribution in [3.8, 4) is 22.8 Å². The summed E-state index contributed by atoms with van der Waals surface area (Å²) in [4.78, 5) is 23.3. The minimum atomic E-state index is -0.428. The Hall–Kier alpha value is -4.10. The van der Waals surface area contributed by atoms with Gasteiger partial charge in [-0.25, -0.2) is 4.98 Å². The molecule has 0 amide bonds. The van der Waals surface area contributed by atoms with Crippen LogP contribution in [0.25, 0.3) is 22.0 Å². The molecule has 0 aliphatic rings. The monoisotopic (exact) mass is 635 g/mol. The second kappa shape index (κ2) is 14.1. The van der Waals surface area contributed by atoms with Gasteiger partial charge in [0.1, 0.15) is 18.1 Å². The number of carbonyl (C=O) groups excluding carboxylic acids is 1. The van der Waals surface area contributed by atoms with E-state index in [0.29, 0.717) is 25.5 Å². The van der Waals surface area contributed by atoms with E-state index < -0.39 is 5.41 Å². The zero-order valence-electron chi connectivity index (χ0n) is 28.1. The molecule has 46 heavy (non-hydrogen) atoms. The number of thioether (sulfide) groups is 1. The molecule has 0 N–H and O–H groups in total. The first-order valence-electron chi connectivity index (χ1n) is 16.0. The van der Waals surface area contributed by atoms with Crippen LogP contribution in [0.2, 0.25) is 0 Å². The molecule has 0 saturated heterocycles. The molecule has 0 aliphatic heterocycles. The van der Waals surface area contributed by atoms with Gasteiger partial charge in [-0.1, -0.05) is 65.0 Å². The number of ether oxygens (including phenoxy) is 2. The number of rotatable bonds is 13. The van der Waals surface area contributed by atoms with E-state index in [1.165, 1.54) is 16.2 Å². The zero-order chi connectivity index (χ0) is 32.9. The minimum absolute atomic E-state index is 0.0377. The van der Waals surface area contributed by atoms with Gasteiger partial charge in [-0.05, 0) is 67.3 Å². The Bertz CT molecular complexity index is 1770. The van der Waals surface area contributed by atoms with Crippen LogP contribution in [-0.2, 0) is 24.4 Å². The van der Waals surface area contributed by atoms with Crippen molar-refractivity contribution in [1.82, 2.24) is 14.5 Å². The lowest BCUT2D eigenvalue weighted by Crippen LogP contribution is -2.31. The largest absolute Gasteiger partial charge is 0.487 e. The molecular weight excluding hydrogens is 591 g/mol. The molecule has 2 aromatic carbocycles. The van der Waals surface area contributed by atoms with Crippen molar-refractivity contribution in [3.05, 3.63) is 102 Å². The van der Waals surface area contributed by atoms with E-state index in [2.05, 4.69) is 91.6 Å². The first kappa shape index (κ1) is 33.3. The number of Topliss-reactive ketones (excluding diaryl/α,β-unsaturated/α-hetero) is 1. The fraction of sp³-hybridized carbons (Fsp3) is 0.359. The maximum Gasteiger partial charge on any atom is 0.212 e. The molecule has 6 nitrogen and oxygen atoms in total. The van der Waals surface area contributed by atoms with Crippen LogP contribution < -0.4 is 9.47 Å². The number of nitrogens with zero attached hydrogens (tertiary/aromatic N) is 3. The molecule has 0 bridgehead atoms. The highest BCUT2D eigenvalue weighted by Gasteiger charge is 2.35. The van der Waals surface area contributed by atoms with Gasteiger partial charge in [0.25, 0.3) is 0 Å². The second-order valence-electron chi connectivity index (χ2n) is 12.9. The van der Waals surface area contributed by atoms with Crippen LogP contribution in [0.3, 0.4) is 0 Å². The summed E-state index contributed by atoms with van der Waals surface area (Å²) in [6, 6.07) is 24.8. The van der Waals surface area contributed by atoms with Gasteiger partial charge in [0, 0.05) is 68.6 Å². The molecule has 0 spiro atoms. The lowest BCUT2D eigenvalue weighted by molar-refractivity contribution is -0.127. The van der Waals surface area contributed by atoms with E-state index in [-0.39, 0.29) is 10.5 Å². The van der Waals surface area contributed by atoms with Gasteiger partial charge in [0.05, 0.1) is 12.8 Å². The molecular formula is C39H45N3O3S. The summed E-state index contributed by atoms with van der Waals surface area (Å²) >= 11 is 1.87. The van der Waals surface area contributed by atoms with Crippen LogP contribution in [0.5, 0.6) is 11.6 Å². The third kappa shape index (κ3) is 7.47. The first-order chi connectivity index (χ1) is 22.1. The fourth-order valence-corrected chi connectivity index (χ4v) is 7.15. The van der Waals surface area contributed by atoms with E-state index in [9.17, 15) is 4.79 Å². The number of methoxy groups -OCH3 is 1. The number of hydrogen-bond acceptors (Lipinski definition) is 6. The van der Waals surface area contributed by atoms with Crippen molar-refractivity contribution in [2.45, 2.75) is 83.6 Å². The topological polar surface area (TPSA) is 66.2 Å². The van der Waals surface area contributed by atoms with Crippen molar-refractivity contribution in [1.29, 1.82) is 0 Å². The van der Waals surface area contributed by atoms with Gasteiger partial charge >= 0.3 is 0 Å². The van der Waals surface area contributed by atoms with Gasteiger partial charge < -0.3 is 14.0 Å². The van der Waals surface area contributed by atoms with Gasteiger partial charge in [-0.2, -0.15) is 0 Å². The molecule has 3 heterocycles. The van der Waals surface area contributed by atoms with E-state index >= 15 is 0 Å². The maximum absolute atomic E-state index is 13.2. The smallest absolute Gasteiger partial charge is 0.212 e. The average Bonchev–Trinajstić information content (AvgIpc) is 3.32. The molecule has 0 atom stereocenters. The number of hydrogen-bond donors (Lipinski definition) is 0. The maximum atomic E-state index is 13.2. The molecule has 7 heteroatoms. The van der Waals surface area contributed by atoms with Gasteiger partial charge in [0.15, 0.2) is 0 Å². The summed E-state index contributed by atoms with van der Waals surface area (Å²) in [5, 5.41) is 1.15. The predicted octanol–water partition coefficient (Wildman–Crippen LogP) is 9.56. The molecule has 0 unspecified atom stereocenters. The number of pyridine rings is 2. The van der Waals surface area contributed by atoms with Crippen LogP contribution in [0, 0.1) is 5.41 Å². The lowest BCUT2D eigenvalue weighted by Gasteiger charge is -2.30. The Morgan fingerprint density at radius 2 is 1.65 bits per heavy atom. The molecule has 0 saturated carbocycles. The Kier molecular flexibility index (Phi) is 10.2. The molecule has 0 radical (unpaired) electrons. The molecule has 5 rings (SSSR count). The van der Waals surface area contributed by atoms with Crippen LogP contribution >= 0.6 is 11.8 Å². The van der Waals surface area contributed by atoms with E-state index in [1.54, 1.807) is 20.2 Å². The summed E-state index contributed by atoms with van der Waals surface area (Å²) in [5.74, 6) is 1.65. The highest BCUT2D eigenvalue weighted by atomic mass is 32.2. The Morgan fingerprint density at radius 3 is 2.24 bits per heavy atom. The standard InChI is InChI=1S/C39H45N3O3S/c1-8-39(9-2,27(3)43)23-35-37(46-38(4,5)6)33-22-32(45-26-31-12-10-11-21-40-31)18-19-34(33)42(35)25-28-13-15-29(16-14-28)30-17-20-36(44-7)41-24-30/h10-22,24H,8-9,23,25-26H2,1-7H3. The highest BCUT2D eigenvalue weighted by molar-refractivity contribution is 8.00. The molecule has 240 valence electrons. The van der Waals surface area contributed by atoms with Gasteiger partial charge in [-0.3, -0.25) is 9.78 Å². The summed E-state index contributed by atoms with van der Waals surface area (Å²) in [6.45, 7) is 13.9. The van der Waals surface area contributed by atoms with Gasteiger partial charge in [0.2, 0.25) is 5.88 Å². The zero-order valence-corrected chi connectivity index (χ0v) is 28.9. The SMILES string of the molecule is CCC(CC)(Cc1c(SC(C)(C)C)c2cc(OCc3ccccn3)ccc2n1Cc1ccc(-c2ccc(OC)nc2)cc1)C(C)=O. The van der Waals surface area contributed by atoms with E-state index in [1.807, 2.05) is 48.3 Å². The Morgan fingerprint density at radius 1 is 0.913 bits per heavy atom. The number of aromatic nitrogens is 3. The first-order valence-corrected chi connectivity index (χ1v) is 16.8. The van der Waals surface area contributed by atoms with Crippen LogP contribution in [0.15, 0.2) is 90.1 Å². The predicted molar refractivity (Wildman–Crippen MR) is 189 cm³/mol. The Balaban J connectivity index is 1.60. The van der Waals surface area contributed by atoms with Crippen LogP contribution in [-0.4, -0.2) is 32.2 Å². The van der Waals surface area contributed by atoms with Crippen molar-refractivity contribution < 1.29 is 14.3 Å². The fourth-order valence-electron chi connectivity index (χ4n) is 5.96. The summed E-state index contributed by atoms with van der Waals surface area (Å²) in [7, 11) is 1.62. The van der Waals surface area contributed by atoms with Crippen molar-refractivity contribution in [3.63, 3.8) is 0 Å². The Labute approximate surface area is 277 Å². The van der Waals surface area contributed by atoms with E-state index in [0.717, 1.165) is 46.3 Å². The number of carbonyl (C=O) groups is 1. The quantitative estimate of drug-likeness (QED) is 0.120. The second-order valence-corrected chi connectivity index (χ2v) is 14.7. The molecule has 5 aromatic rings. The van der Waals surface area contributed by atoms with Crippen molar-refractivity contribution in [2.24, 2.45) is 5.41 Å². The molecule has 3 aromatic heterocycles. The average molecular weight is 636 g/mol. The minimum Gasteiger partial charge on any atom is -0.487 e. The van der Waals surface area contributed by atoms with Crippen molar-refractivity contribution >= 4 is 28.4 Å². The normalized spacial score (nSPS) is 12.0. The summed E-state index contributed by atoms with van der Waals surface area (Å²) in [5.41, 5.74) is 6.13. The number of fused-ring (bicyclic) bond motifs is 1. The van der Waals surface area contributed by atoms with Crippen LogP contribution in [0.1, 0.15) is 71.3 Å². The lowest BCUT2D eigenvalue weighted by atomic mass is 9.75. The number of benzene rings is 2. The summed E-state index contributed by atoms with van der Waals surface area (Å²) in [6.07, 6.45) is 5.90. The third-order valence-corrected chi connectivity index (χ3v) is 10.1. The highest BCUT2D eigenvalue weighted by Crippen LogP contribution is 2.45. The van der Waals surface area contributed by atoms with Crippen LogP contribution in [0.4, 0.5) is 0 Å². The third-order valence-electron chi connectivity index (χ3n) is 8.79. The van der Waals surface area contributed by atoms with Gasteiger partial charge in [-0.15, -0.1) is 11.8 Å². The van der Waals surface area contributed by atoms with Crippen molar-refractivity contribution in [2.75, 3.05) is 7.11 Å². The summed E-state index contributed by atoms with van der Waals surface area (Å²) < 4.78 is 13.9. The molecule has 0 aliphatic carbocycles. The van der Waals surface area contributed by atoms with E-state index in [4.69, 9.17) is 9.47 Å².